The van der Waals surface area contributed by atoms with E-state index in [1.54, 1.807) is 6.20 Å². The van der Waals surface area contributed by atoms with Crippen LogP contribution in [-0.2, 0) is 37.1 Å². The van der Waals surface area contributed by atoms with Crippen molar-refractivity contribution in [1.29, 1.82) is 0 Å². The van der Waals surface area contributed by atoms with Crippen molar-refractivity contribution >= 4 is 28.3 Å². The third kappa shape index (κ3) is 9.76. The molecule has 0 aliphatic carbocycles. The summed E-state index contributed by atoms with van der Waals surface area (Å²) in [4.78, 5) is 28.9. The number of ether oxygens (including phenoxy) is 1. The third-order valence-corrected chi connectivity index (χ3v) is 6.76. The van der Waals surface area contributed by atoms with Crippen LogP contribution in [0.3, 0.4) is 0 Å². The predicted molar refractivity (Wildman–Crippen MR) is 143 cm³/mol. The molecule has 0 fully saturated rings. The molecule has 43 heavy (non-hydrogen) atoms. The Hall–Kier alpha value is -4.54. The van der Waals surface area contributed by atoms with E-state index in [4.69, 9.17) is 0 Å². The van der Waals surface area contributed by atoms with Crippen LogP contribution >= 0.6 is 11.3 Å². The highest BCUT2D eigenvalue weighted by Gasteiger charge is 2.31. The van der Waals surface area contributed by atoms with Gasteiger partial charge in [-0.2, -0.15) is 0 Å². The fourth-order valence-corrected chi connectivity index (χ4v) is 4.57. The van der Waals surface area contributed by atoms with E-state index in [0.717, 1.165) is 41.5 Å². The van der Waals surface area contributed by atoms with E-state index in [-0.39, 0.29) is 42.3 Å². The quantitative estimate of drug-likeness (QED) is 0.211. The fraction of sp³-hybridized carbons (Fsp3) is 0.346. The van der Waals surface area contributed by atoms with Crippen molar-refractivity contribution in [2.75, 3.05) is 5.32 Å². The third-order valence-electron chi connectivity index (χ3n) is 5.86. The van der Waals surface area contributed by atoms with Crippen LogP contribution in [-0.4, -0.2) is 54.5 Å². The minimum absolute atomic E-state index is 0.0284. The van der Waals surface area contributed by atoms with Crippen molar-refractivity contribution in [1.82, 2.24) is 35.5 Å². The minimum Gasteiger partial charge on any atom is -0.406 e. The monoisotopic (exact) mass is 624 g/mol. The zero-order valence-corrected chi connectivity index (χ0v) is 23.4. The number of halogens is 5. The van der Waals surface area contributed by atoms with E-state index < -0.39 is 42.3 Å². The number of alkyl halides is 4. The first-order chi connectivity index (χ1) is 20.5. The first kappa shape index (κ1) is 31.4. The number of nitrogens with one attached hydrogen (secondary N) is 2. The summed E-state index contributed by atoms with van der Waals surface area (Å²) in [6.45, 7) is 2.06. The highest BCUT2D eigenvalue weighted by molar-refractivity contribution is 7.15. The molecular formula is C26H25F5N8O3S. The number of anilines is 1. The molecule has 4 aromatic rings. The van der Waals surface area contributed by atoms with Crippen molar-refractivity contribution in [3.05, 3.63) is 76.1 Å². The number of aromatic nitrogens is 6. The number of hydrogen-bond donors (Lipinski definition) is 2. The van der Waals surface area contributed by atoms with Gasteiger partial charge in [-0.3, -0.25) is 14.6 Å². The van der Waals surface area contributed by atoms with Gasteiger partial charge in [-0.15, -0.1) is 28.5 Å². The molecule has 3 aromatic heterocycles. The van der Waals surface area contributed by atoms with Gasteiger partial charge in [0.2, 0.25) is 11.0 Å². The molecule has 1 atom stereocenters. The molecule has 2 N–H and O–H groups in total. The Morgan fingerprint density at radius 3 is 2.72 bits per heavy atom. The standard InChI is InChI=1S/C26H25F5N8O3S/c1-2-15-7-8-32-18(9-15)12-33-24(41)21-14-39(38-35-21)13-17(27)3-6-23-36-37-25(43-23)34-22(40)11-16-10-19(4-5-20(16)28)42-26(29,30)31/h4-5,7-10,14,17H,2-3,6,11-13H2,1H3,(H,33,41)(H,34,37,40). The summed E-state index contributed by atoms with van der Waals surface area (Å²) in [5.74, 6) is -2.76. The summed E-state index contributed by atoms with van der Waals surface area (Å²) in [5, 5.41) is 20.8. The second kappa shape index (κ2) is 14.1. The van der Waals surface area contributed by atoms with Crippen LogP contribution in [0.4, 0.5) is 27.1 Å². The Bertz CT molecular complexity index is 1560. The molecule has 1 unspecified atom stereocenters. The van der Waals surface area contributed by atoms with E-state index >= 15 is 0 Å². The topological polar surface area (TPSA) is 137 Å². The van der Waals surface area contributed by atoms with Gasteiger partial charge in [0.15, 0.2) is 5.69 Å². The molecule has 0 aliphatic rings. The molecule has 17 heteroatoms. The molecule has 0 aliphatic heterocycles. The minimum atomic E-state index is -4.96. The SMILES string of the molecule is CCc1ccnc(CNC(=O)c2cn(CC(F)CCc3nnc(NC(=O)Cc4cc(OC(F)(F)F)ccc4F)s3)nn2)c1. The molecule has 1 aromatic carbocycles. The summed E-state index contributed by atoms with van der Waals surface area (Å²) in [6.07, 6.45) is -2.86. The Morgan fingerprint density at radius 1 is 1.14 bits per heavy atom. The highest BCUT2D eigenvalue weighted by atomic mass is 32.1. The number of amides is 2. The Balaban J connectivity index is 1.21. The van der Waals surface area contributed by atoms with Crippen LogP contribution in [0.15, 0.2) is 42.7 Å². The molecular weight excluding hydrogens is 599 g/mol. The van der Waals surface area contributed by atoms with E-state index in [0.29, 0.717) is 10.7 Å². The lowest BCUT2D eigenvalue weighted by Gasteiger charge is -2.10. The average molecular weight is 625 g/mol. The van der Waals surface area contributed by atoms with Crippen LogP contribution in [0.25, 0.3) is 0 Å². The number of pyridine rings is 1. The van der Waals surface area contributed by atoms with E-state index in [1.165, 1.54) is 10.9 Å². The molecule has 228 valence electrons. The van der Waals surface area contributed by atoms with Gasteiger partial charge in [-0.05, 0) is 48.7 Å². The number of carbonyl (C=O) groups excluding carboxylic acids is 2. The van der Waals surface area contributed by atoms with Crippen molar-refractivity contribution in [3.63, 3.8) is 0 Å². The van der Waals surface area contributed by atoms with Crippen LogP contribution in [0.2, 0.25) is 0 Å². The molecule has 3 heterocycles. The summed E-state index contributed by atoms with van der Waals surface area (Å²) in [6, 6.07) is 6.12. The number of benzene rings is 1. The van der Waals surface area contributed by atoms with Gasteiger partial charge in [0.1, 0.15) is 22.7 Å². The Kier molecular flexibility index (Phi) is 10.3. The number of carbonyl (C=O) groups is 2. The fourth-order valence-electron chi connectivity index (χ4n) is 3.80. The van der Waals surface area contributed by atoms with Crippen LogP contribution in [0.1, 0.15) is 45.7 Å². The summed E-state index contributed by atoms with van der Waals surface area (Å²) in [7, 11) is 0. The van der Waals surface area contributed by atoms with Gasteiger partial charge in [0.05, 0.1) is 31.4 Å². The molecule has 0 radical (unpaired) electrons. The summed E-state index contributed by atoms with van der Waals surface area (Å²) in [5.41, 5.74) is 1.51. The van der Waals surface area contributed by atoms with E-state index in [2.05, 4.69) is 40.9 Å². The van der Waals surface area contributed by atoms with Crippen molar-refractivity contribution < 1.29 is 36.3 Å². The lowest BCUT2D eigenvalue weighted by atomic mass is 10.1. The molecule has 0 saturated carbocycles. The van der Waals surface area contributed by atoms with Gasteiger partial charge in [0, 0.05) is 18.2 Å². The zero-order chi connectivity index (χ0) is 31.0. The highest BCUT2D eigenvalue weighted by Crippen LogP contribution is 2.25. The average Bonchev–Trinajstić information content (AvgIpc) is 3.61. The molecule has 0 spiro atoms. The number of rotatable bonds is 13. The van der Waals surface area contributed by atoms with Gasteiger partial charge < -0.3 is 15.4 Å². The van der Waals surface area contributed by atoms with Crippen LogP contribution in [0.5, 0.6) is 5.75 Å². The number of nitrogens with zero attached hydrogens (tertiary/aromatic N) is 6. The van der Waals surface area contributed by atoms with E-state index in [9.17, 15) is 31.5 Å². The first-order valence-corrected chi connectivity index (χ1v) is 13.7. The van der Waals surface area contributed by atoms with Gasteiger partial charge in [-0.25, -0.2) is 13.5 Å². The van der Waals surface area contributed by atoms with Gasteiger partial charge in [0.25, 0.3) is 5.91 Å². The van der Waals surface area contributed by atoms with Gasteiger partial charge in [-0.1, -0.05) is 23.5 Å². The number of aryl methyl sites for hydroxylation is 2. The second-order valence-electron chi connectivity index (χ2n) is 9.18. The lowest BCUT2D eigenvalue weighted by Crippen LogP contribution is -2.23. The molecule has 11 nitrogen and oxygen atoms in total. The summed E-state index contributed by atoms with van der Waals surface area (Å²) < 4.78 is 70.8. The predicted octanol–water partition coefficient (Wildman–Crippen LogP) is 4.21. The van der Waals surface area contributed by atoms with Crippen LogP contribution in [0, 0.1) is 5.82 Å². The molecule has 0 bridgehead atoms. The maximum Gasteiger partial charge on any atom is 0.573 e. The summed E-state index contributed by atoms with van der Waals surface area (Å²) >= 11 is 0.968. The maximum atomic E-state index is 14.6. The normalized spacial score (nSPS) is 12.1. The first-order valence-electron chi connectivity index (χ1n) is 12.9. The maximum absolute atomic E-state index is 14.6. The Morgan fingerprint density at radius 2 is 1.95 bits per heavy atom. The molecule has 2 amide bonds. The van der Waals surface area contributed by atoms with E-state index in [1.807, 2.05) is 19.1 Å². The zero-order valence-electron chi connectivity index (χ0n) is 22.6. The molecule has 0 saturated heterocycles. The van der Waals surface area contributed by atoms with Crippen molar-refractivity contribution in [2.45, 2.75) is 58.2 Å². The van der Waals surface area contributed by atoms with Crippen molar-refractivity contribution in [3.8, 4) is 5.75 Å². The number of hydrogen-bond acceptors (Lipinski definition) is 9. The Labute approximate surface area is 245 Å². The van der Waals surface area contributed by atoms with Gasteiger partial charge >= 0.3 is 6.36 Å². The smallest absolute Gasteiger partial charge is 0.406 e. The van der Waals surface area contributed by atoms with Crippen LogP contribution < -0.4 is 15.4 Å². The largest absolute Gasteiger partial charge is 0.573 e. The molecule has 4 rings (SSSR count). The second-order valence-corrected chi connectivity index (χ2v) is 10.2. The van der Waals surface area contributed by atoms with Crippen molar-refractivity contribution in [2.24, 2.45) is 0 Å². The lowest BCUT2D eigenvalue weighted by molar-refractivity contribution is -0.274.